The summed E-state index contributed by atoms with van der Waals surface area (Å²) < 4.78 is 66.5. The number of nitrogens with two attached hydrogens (primary N) is 1. The summed E-state index contributed by atoms with van der Waals surface area (Å²) in [5.74, 6) is -4.71. The molecule has 23 heteroatoms. The molecule has 99 heavy (non-hydrogen) atoms. The molecule has 18 nitrogen and oxygen atoms in total. The standard InChI is InChI=1S/C38H48F2N4O5.C31H44F2N4O3.C7H5ClO2/c1-6-16-44(17-7-2)37(47)29-13-11-12-28(22-29)36(46)42-34(21-27-19-30(39)23-31(40)20-27)33(18-26(5)35(45)41-24-25(3)4)43-38(48)49-32-14-9-8-10-15-32;1-6-11-37(12-7-2)31(40)24-10-8-9-23(17-24)30(39)36-28(16-22-14-25(32)18-26(33)15-22)27(34)13-21(5)29(38)35-19-20(3)4;8-7(9)10-6-4-2-1-3-5-6/h8-15,19-20,22-23,25-26,33-34H,6-7,16-18,21,24H2,1-5H3,(H,41,45)(H,42,46)(H,43,48);8-10,14-15,17-18,20-21,27-28H,6-7,11-13,16,19,34H2,1-5H3,(H,35,38)(H,36,39);1-5H/t26-,33+,34+;21-,27+,28+;/m11./s1. The molecule has 7 amide bonds. The highest BCUT2D eigenvalue weighted by atomic mass is 35.5. The summed E-state index contributed by atoms with van der Waals surface area (Å²) in [4.78, 5) is 106. The van der Waals surface area contributed by atoms with E-state index in [4.69, 9.17) is 22.1 Å². The van der Waals surface area contributed by atoms with Crippen molar-refractivity contribution in [2.24, 2.45) is 29.4 Å². The first kappa shape index (κ1) is 82.3. The summed E-state index contributed by atoms with van der Waals surface area (Å²) in [6, 6.07) is 32.7. The van der Waals surface area contributed by atoms with Crippen LogP contribution in [0.3, 0.4) is 0 Å². The van der Waals surface area contributed by atoms with E-state index in [1.165, 1.54) is 18.2 Å². The van der Waals surface area contributed by atoms with Gasteiger partial charge in [0.2, 0.25) is 11.8 Å². The molecule has 7 N–H and O–H groups in total. The molecular weight excluding hydrogens is 1300 g/mol. The molecule has 0 aliphatic rings. The second-order valence-corrected chi connectivity index (χ2v) is 25.5. The summed E-state index contributed by atoms with van der Waals surface area (Å²) in [6.45, 7) is 22.7. The molecule has 6 aromatic carbocycles. The molecule has 0 spiro atoms. The zero-order valence-electron chi connectivity index (χ0n) is 58.3. The number of rotatable bonds is 33. The molecule has 0 fully saturated rings. The van der Waals surface area contributed by atoms with Gasteiger partial charge in [0.25, 0.3) is 23.6 Å². The van der Waals surface area contributed by atoms with Crippen LogP contribution in [0.2, 0.25) is 0 Å². The first-order valence-electron chi connectivity index (χ1n) is 33.7. The van der Waals surface area contributed by atoms with Gasteiger partial charge in [-0.2, -0.15) is 0 Å². The molecule has 0 heterocycles. The summed E-state index contributed by atoms with van der Waals surface area (Å²) in [6.07, 6.45) is 2.62. The molecule has 0 unspecified atom stereocenters. The van der Waals surface area contributed by atoms with Crippen LogP contribution < -0.4 is 41.8 Å². The number of ether oxygens (including phenoxy) is 2. The lowest BCUT2D eigenvalue weighted by Crippen LogP contribution is -2.54. The molecule has 0 radical (unpaired) electrons. The third kappa shape index (κ3) is 30.2. The van der Waals surface area contributed by atoms with Gasteiger partial charge in [-0.3, -0.25) is 28.8 Å². The number of halogens is 5. The van der Waals surface area contributed by atoms with Gasteiger partial charge in [-0.1, -0.05) is 118 Å². The van der Waals surface area contributed by atoms with E-state index < -0.39 is 82.6 Å². The SMILES string of the molecule is CCCN(CCC)C(=O)c1cccc(C(=O)N[C@@H](Cc2cc(F)cc(F)c2)[C@@H](N)C[C@@H](C)C(=O)NCC(C)C)c1.CCCN(CCC)C(=O)c1cccc(C(=O)N[C@@H](Cc2cc(F)cc(F)c2)[C@H](C[C@@H](C)C(=O)NCC(C)C)NC(=O)Oc2ccccc2)c1.O=C(Cl)Oc1ccccc1. The number of carbonyl (C=O) groups is 8. The number of amides is 7. The molecule has 536 valence electrons. The minimum Gasteiger partial charge on any atom is -0.415 e. The van der Waals surface area contributed by atoms with Crippen LogP contribution in [0.5, 0.6) is 11.5 Å². The van der Waals surface area contributed by atoms with Gasteiger partial charge in [-0.15, -0.1) is 0 Å². The van der Waals surface area contributed by atoms with E-state index in [1.54, 1.807) is 121 Å². The number of benzene rings is 6. The van der Waals surface area contributed by atoms with Gasteiger partial charge in [0.05, 0.1) is 12.1 Å². The van der Waals surface area contributed by atoms with Gasteiger partial charge in [-0.05, 0) is 159 Å². The lowest BCUT2D eigenvalue weighted by molar-refractivity contribution is -0.125. The van der Waals surface area contributed by atoms with Gasteiger partial charge >= 0.3 is 11.5 Å². The summed E-state index contributed by atoms with van der Waals surface area (Å²) >= 11 is 4.95. The fraction of sp³-hybridized carbons (Fsp3) is 0.421. The number of nitrogens with one attached hydrogen (secondary N) is 5. The third-order valence-electron chi connectivity index (χ3n) is 15.4. The average Bonchev–Trinajstić information content (AvgIpc) is 0.845. The largest absolute Gasteiger partial charge is 0.415 e. The normalized spacial score (nSPS) is 12.7. The minimum atomic E-state index is -0.964. The zero-order valence-corrected chi connectivity index (χ0v) is 59.1. The van der Waals surface area contributed by atoms with Crippen molar-refractivity contribution < 1.29 is 65.4 Å². The van der Waals surface area contributed by atoms with Crippen molar-refractivity contribution in [1.82, 2.24) is 36.4 Å². The monoisotopic (exact) mass is 1390 g/mol. The summed E-state index contributed by atoms with van der Waals surface area (Å²) in [7, 11) is 0. The maximum absolute atomic E-state index is 14.3. The van der Waals surface area contributed by atoms with Crippen molar-refractivity contribution >= 4 is 58.6 Å². The maximum atomic E-state index is 14.3. The van der Waals surface area contributed by atoms with Crippen LogP contribution in [0.4, 0.5) is 27.2 Å². The number of para-hydroxylation sites is 2. The fourth-order valence-electron chi connectivity index (χ4n) is 10.5. The first-order valence-corrected chi connectivity index (χ1v) is 34.1. The van der Waals surface area contributed by atoms with E-state index >= 15 is 0 Å². The van der Waals surface area contributed by atoms with Crippen LogP contribution in [-0.4, -0.2) is 120 Å². The lowest BCUT2D eigenvalue weighted by atomic mass is 9.91. The third-order valence-corrected chi connectivity index (χ3v) is 15.5. The topological polar surface area (TPSA) is 248 Å². The molecule has 0 aliphatic heterocycles. The molecule has 0 bridgehead atoms. The Kier molecular flexibility index (Phi) is 36.0. The van der Waals surface area contributed by atoms with Crippen LogP contribution in [-0.2, 0) is 22.4 Å². The smallest absolute Gasteiger partial charge is 0.412 e. The van der Waals surface area contributed by atoms with Crippen molar-refractivity contribution in [3.63, 3.8) is 0 Å². The van der Waals surface area contributed by atoms with Crippen LogP contribution in [0.25, 0.3) is 0 Å². The van der Waals surface area contributed by atoms with Crippen molar-refractivity contribution in [3.8, 4) is 11.5 Å². The Balaban J connectivity index is 0.000000373. The van der Waals surface area contributed by atoms with E-state index in [1.807, 2.05) is 61.5 Å². The van der Waals surface area contributed by atoms with E-state index in [0.29, 0.717) is 67.6 Å². The van der Waals surface area contributed by atoms with Crippen LogP contribution in [0.15, 0.2) is 146 Å². The highest BCUT2D eigenvalue weighted by molar-refractivity contribution is 6.61. The Morgan fingerprint density at radius 1 is 0.444 bits per heavy atom. The molecular formula is C76H97ClF4N8O10. The second-order valence-electron chi connectivity index (χ2n) is 25.2. The van der Waals surface area contributed by atoms with Gasteiger partial charge in [0.1, 0.15) is 34.8 Å². The van der Waals surface area contributed by atoms with Crippen LogP contribution in [0, 0.1) is 46.9 Å². The van der Waals surface area contributed by atoms with Crippen molar-refractivity contribution in [1.29, 1.82) is 0 Å². The molecule has 0 aliphatic carbocycles. The Morgan fingerprint density at radius 3 is 1.19 bits per heavy atom. The van der Waals surface area contributed by atoms with E-state index in [-0.39, 0.29) is 77.7 Å². The Hall–Kier alpha value is -9.15. The van der Waals surface area contributed by atoms with Crippen molar-refractivity contribution in [2.45, 2.75) is 145 Å². The zero-order chi connectivity index (χ0) is 73.1. The average molecular weight is 1390 g/mol. The van der Waals surface area contributed by atoms with Crippen molar-refractivity contribution in [3.05, 3.63) is 202 Å². The molecule has 6 aromatic rings. The number of hydrogen-bond acceptors (Lipinski definition) is 11. The summed E-state index contributed by atoms with van der Waals surface area (Å²) in [5.41, 5.74) is 7.44. The van der Waals surface area contributed by atoms with E-state index in [0.717, 1.165) is 49.9 Å². The predicted molar refractivity (Wildman–Crippen MR) is 377 cm³/mol. The predicted octanol–water partition coefficient (Wildman–Crippen LogP) is 13.6. The molecule has 6 atom stereocenters. The summed E-state index contributed by atoms with van der Waals surface area (Å²) in [5, 5.41) is 14.4. The Morgan fingerprint density at radius 2 is 0.808 bits per heavy atom. The fourth-order valence-corrected chi connectivity index (χ4v) is 10.6. The quantitative estimate of drug-likeness (QED) is 0.0167. The first-order chi connectivity index (χ1) is 47.1. The van der Waals surface area contributed by atoms with Gasteiger partial charge in [-0.25, -0.2) is 27.2 Å². The molecule has 0 aromatic heterocycles. The molecule has 0 saturated carbocycles. The number of hydrogen-bond donors (Lipinski definition) is 6. The van der Waals surface area contributed by atoms with Gasteiger partial charge < -0.3 is 51.6 Å². The van der Waals surface area contributed by atoms with Crippen LogP contribution in [0.1, 0.15) is 160 Å². The second kappa shape index (κ2) is 43.3. The van der Waals surface area contributed by atoms with E-state index in [2.05, 4.69) is 31.3 Å². The highest BCUT2D eigenvalue weighted by Crippen LogP contribution is 2.22. The lowest BCUT2D eigenvalue weighted by Gasteiger charge is -2.31. The Labute approximate surface area is 584 Å². The number of nitrogens with zero attached hydrogens (tertiary/aromatic N) is 2. The highest BCUT2D eigenvalue weighted by Gasteiger charge is 2.32. The maximum Gasteiger partial charge on any atom is 0.412 e. The van der Waals surface area contributed by atoms with Gasteiger partial charge in [0, 0.05) is 109 Å². The number of carbonyl (C=O) groups excluding carboxylic acids is 8. The van der Waals surface area contributed by atoms with Crippen molar-refractivity contribution in [2.75, 3.05) is 39.3 Å². The van der Waals surface area contributed by atoms with Gasteiger partial charge in [0.15, 0.2) is 0 Å². The van der Waals surface area contributed by atoms with E-state index in [9.17, 15) is 55.9 Å². The Bertz CT molecular complexity index is 3500. The molecule has 0 saturated heterocycles. The molecule has 6 rings (SSSR count). The minimum absolute atomic E-state index is 0.0537. The van der Waals surface area contributed by atoms with Crippen LogP contribution >= 0.6 is 11.6 Å².